The molecule has 0 unspecified atom stereocenters. The lowest BCUT2D eigenvalue weighted by molar-refractivity contribution is -0.142. The molecule has 1 aromatic carbocycles. The second-order valence-corrected chi connectivity index (χ2v) is 6.14. The molecule has 21 heavy (non-hydrogen) atoms. The van der Waals surface area contributed by atoms with Crippen molar-refractivity contribution in [2.45, 2.75) is 44.8 Å². The van der Waals surface area contributed by atoms with Crippen molar-refractivity contribution in [2.24, 2.45) is 0 Å². The fourth-order valence-corrected chi connectivity index (χ4v) is 2.59. The summed E-state index contributed by atoms with van der Waals surface area (Å²) in [5.74, 6) is -0.623. The van der Waals surface area contributed by atoms with Gasteiger partial charge in [-0.15, -0.1) is 0 Å². The van der Waals surface area contributed by atoms with Crippen molar-refractivity contribution in [1.29, 1.82) is 0 Å². The molecule has 2 rings (SSSR count). The second kappa shape index (κ2) is 5.76. The number of alkyl carbamates (subject to hydrolysis) is 1. The summed E-state index contributed by atoms with van der Waals surface area (Å²) in [7, 11) is 1.37. The third-order valence-corrected chi connectivity index (χ3v) is 3.39. The smallest absolute Gasteiger partial charge is 0.408 e. The first-order valence-corrected chi connectivity index (χ1v) is 6.98. The standard InChI is InChI=1S/C16H21NO4/c1-16(2,3)21-15(19)17-13-9-12(14(18)20-4)10-7-5-6-8-11(10)13/h5-8,12-13H,9H2,1-4H3,(H,17,19)/t12-,13-/m0/s1. The summed E-state index contributed by atoms with van der Waals surface area (Å²) in [5, 5.41) is 2.83. The van der Waals surface area contributed by atoms with E-state index in [9.17, 15) is 9.59 Å². The van der Waals surface area contributed by atoms with Crippen molar-refractivity contribution in [3.63, 3.8) is 0 Å². The van der Waals surface area contributed by atoms with E-state index in [2.05, 4.69) is 5.32 Å². The number of esters is 1. The molecule has 0 spiro atoms. The van der Waals surface area contributed by atoms with Gasteiger partial charge in [0.15, 0.2) is 0 Å². The minimum atomic E-state index is -0.552. The Morgan fingerprint density at radius 3 is 2.38 bits per heavy atom. The normalized spacial score (nSPS) is 20.6. The maximum Gasteiger partial charge on any atom is 0.408 e. The van der Waals surface area contributed by atoms with Crippen molar-refractivity contribution in [3.8, 4) is 0 Å². The molecule has 2 atom stereocenters. The van der Waals surface area contributed by atoms with Gasteiger partial charge >= 0.3 is 12.1 Å². The summed E-state index contributed by atoms with van der Waals surface area (Å²) in [5.41, 5.74) is 1.30. The van der Waals surface area contributed by atoms with Gasteiger partial charge in [0.05, 0.1) is 19.1 Å². The molecule has 1 amide bonds. The van der Waals surface area contributed by atoms with Crippen LogP contribution in [0.1, 0.15) is 50.3 Å². The molecule has 5 nitrogen and oxygen atoms in total. The molecule has 0 fully saturated rings. The maximum atomic E-state index is 11.9. The van der Waals surface area contributed by atoms with Crippen LogP contribution in [0.15, 0.2) is 24.3 Å². The molecule has 114 valence electrons. The highest BCUT2D eigenvalue weighted by atomic mass is 16.6. The number of nitrogens with one attached hydrogen (secondary N) is 1. The molecule has 1 aliphatic rings. The van der Waals surface area contributed by atoms with Gasteiger partial charge in [0.2, 0.25) is 0 Å². The molecule has 0 aromatic heterocycles. The quantitative estimate of drug-likeness (QED) is 0.851. The molecule has 1 aliphatic carbocycles. The summed E-state index contributed by atoms with van der Waals surface area (Å²) in [6.45, 7) is 5.44. The number of hydrogen-bond donors (Lipinski definition) is 1. The Labute approximate surface area is 124 Å². The highest BCUT2D eigenvalue weighted by molar-refractivity contribution is 5.80. The van der Waals surface area contributed by atoms with E-state index in [0.717, 1.165) is 11.1 Å². The summed E-state index contributed by atoms with van der Waals surface area (Å²) in [4.78, 5) is 23.8. The third-order valence-electron chi connectivity index (χ3n) is 3.39. The van der Waals surface area contributed by atoms with Crippen LogP contribution in [0.4, 0.5) is 4.79 Å². The van der Waals surface area contributed by atoms with Crippen molar-refractivity contribution >= 4 is 12.1 Å². The average Bonchev–Trinajstić information content (AvgIpc) is 2.75. The third kappa shape index (κ3) is 3.54. The van der Waals surface area contributed by atoms with Gasteiger partial charge in [-0.3, -0.25) is 4.79 Å². The minimum absolute atomic E-state index is 0.236. The summed E-state index contributed by atoms with van der Waals surface area (Å²) in [6, 6.07) is 7.35. The monoisotopic (exact) mass is 291 g/mol. The van der Waals surface area contributed by atoms with Crippen LogP contribution in [0.2, 0.25) is 0 Å². The van der Waals surface area contributed by atoms with Crippen molar-refractivity contribution in [3.05, 3.63) is 35.4 Å². The predicted molar refractivity (Wildman–Crippen MR) is 77.9 cm³/mol. The number of ether oxygens (including phenoxy) is 2. The first-order chi connectivity index (χ1) is 9.81. The topological polar surface area (TPSA) is 64.6 Å². The van der Waals surface area contributed by atoms with E-state index in [-0.39, 0.29) is 17.9 Å². The number of benzene rings is 1. The van der Waals surface area contributed by atoms with Crippen LogP contribution in [0.25, 0.3) is 0 Å². The zero-order valence-corrected chi connectivity index (χ0v) is 12.8. The molecule has 0 bridgehead atoms. The van der Waals surface area contributed by atoms with E-state index < -0.39 is 11.7 Å². The van der Waals surface area contributed by atoms with E-state index in [0.29, 0.717) is 6.42 Å². The maximum absolute atomic E-state index is 11.9. The van der Waals surface area contributed by atoms with Gasteiger partial charge in [-0.1, -0.05) is 24.3 Å². The highest BCUT2D eigenvalue weighted by Gasteiger charge is 2.37. The number of rotatable bonds is 2. The van der Waals surface area contributed by atoms with Crippen LogP contribution in [0, 0.1) is 0 Å². The van der Waals surface area contributed by atoms with Gasteiger partial charge in [0, 0.05) is 0 Å². The predicted octanol–water partition coefficient (Wildman–Crippen LogP) is 2.91. The second-order valence-electron chi connectivity index (χ2n) is 6.14. The number of fused-ring (bicyclic) bond motifs is 1. The first-order valence-electron chi connectivity index (χ1n) is 6.98. The van der Waals surface area contributed by atoms with Crippen LogP contribution < -0.4 is 5.32 Å². The molecule has 1 N–H and O–H groups in total. The SMILES string of the molecule is COC(=O)[C@H]1C[C@H](NC(=O)OC(C)(C)C)c2ccccc21. The van der Waals surface area contributed by atoms with Crippen LogP contribution in [0.5, 0.6) is 0 Å². The van der Waals surface area contributed by atoms with Crippen LogP contribution in [0.3, 0.4) is 0 Å². The first kappa shape index (κ1) is 15.4. The zero-order chi connectivity index (χ0) is 15.6. The highest BCUT2D eigenvalue weighted by Crippen LogP contribution is 2.40. The Hall–Kier alpha value is -2.04. The lowest BCUT2D eigenvalue weighted by Gasteiger charge is -2.22. The molecular formula is C16H21NO4. The number of methoxy groups -OCH3 is 1. The Bertz CT molecular complexity index is 547. The van der Waals surface area contributed by atoms with Crippen LogP contribution in [-0.2, 0) is 14.3 Å². The molecule has 1 aromatic rings. The van der Waals surface area contributed by atoms with Gasteiger partial charge < -0.3 is 14.8 Å². The number of amides is 1. The Morgan fingerprint density at radius 2 is 1.81 bits per heavy atom. The Kier molecular flexibility index (Phi) is 4.21. The van der Waals surface area contributed by atoms with E-state index in [4.69, 9.17) is 9.47 Å². The zero-order valence-electron chi connectivity index (χ0n) is 12.8. The molecular weight excluding hydrogens is 270 g/mol. The average molecular weight is 291 g/mol. The van der Waals surface area contributed by atoms with Crippen LogP contribution in [-0.4, -0.2) is 24.8 Å². The number of carbonyl (C=O) groups excluding carboxylic acids is 2. The summed E-state index contributed by atoms with van der Waals surface area (Å²) < 4.78 is 10.1. The number of carbonyl (C=O) groups is 2. The molecule has 0 radical (unpaired) electrons. The van der Waals surface area contributed by atoms with Gasteiger partial charge in [0.25, 0.3) is 0 Å². The van der Waals surface area contributed by atoms with E-state index in [1.807, 2.05) is 45.0 Å². The molecule has 0 saturated heterocycles. The van der Waals surface area contributed by atoms with Crippen molar-refractivity contribution in [2.75, 3.05) is 7.11 Å². The Balaban J connectivity index is 2.16. The molecule has 0 saturated carbocycles. The minimum Gasteiger partial charge on any atom is -0.469 e. The van der Waals surface area contributed by atoms with E-state index in [1.54, 1.807) is 0 Å². The molecule has 5 heteroatoms. The number of hydrogen-bond acceptors (Lipinski definition) is 4. The van der Waals surface area contributed by atoms with E-state index >= 15 is 0 Å². The van der Waals surface area contributed by atoms with Gasteiger partial charge in [-0.05, 0) is 38.3 Å². The summed E-state index contributed by atoms with van der Waals surface area (Å²) >= 11 is 0. The van der Waals surface area contributed by atoms with Gasteiger partial charge in [-0.25, -0.2) is 4.79 Å². The van der Waals surface area contributed by atoms with Crippen molar-refractivity contribution in [1.82, 2.24) is 5.32 Å². The largest absolute Gasteiger partial charge is 0.469 e. The van der Waals surface area contributed by atoms with Gasteiger partial charge in [0.1, 0.15) is 5.60 Å². The fourth-order valence-electron chi connectivity index (χ4n) is 2.59. The van der Waals surface area contributed by atoms with E-state index in [1.165, 1.54) is 7.11 Å². The van der Waals surface area contributed by atoms with Crippen LogP contribution >= 0.6 is 0 Å². The lowest BCUT2D eigenvalue weighted by atomic mass is 10.0. The summed E-state index contributed by atoms with van der Waals surface area (Å²) in [6.07, 6.45) is 0.0125. The lowest BCUT2D eigenvalue weighted by Crippen LogP contribution is -2.34. The van der Waals surface area contributed by atoms with Gasteiger partial charge in [-0.2, -0.15) is 0 Å². The fraction of sp³-hybridized carbons (Fsp3) is 0.500. The molecule has 0 aliphatic heterocycles. The Morgan fingerprint density at radius 1 is 1.19 bits per heavy atom. The van der Waals surface area contributed by atoms with Crippen molar-refractivity contribution < 1.29 is 19.1 Å². The molecule has 0 heterocycles.